The highest BCUT2D eigenvalue weighted by Crippen LogP contribution is 2.29. The summed E-state index contributed by atoms with van der Waals surface area (Å²) in [6.45, 7) is 19.4. The van der Waals surface area contributed by atoms with Crippen LogP contribution < -0.4 is 0 Å². The summed E-state index contributed by atoms with van der Waals surface area (Å²) in [7, 11) is -0.454. The summed E-state index contributed by atoms with van der Waals surface area (Å²) in [6.07, 6.45) is 1.63. The second-order valence-electron chi connectivity index (χ2n) is 7.51. The van der Waals surface area contributed by atoms with Crippen LogP contribution in [0.5, 0.6) is 0 Å². The van der Waals surface area contributed by atoms with Crippen LogP contribution in [0.2, 0.25) is 16.6 Å². The molecular formula is C17H34O4Si. The van der Waals surface area contributed by atoms with Gasteiger partial charge in [-0.1, -0.05) is 58.2 Å². The molecule has 0 saturated heterocycles. The zero-order valence-corrected chi connectivity index (χ0v) is 16.8. The quantitative estimate of drug-likeness (QED) is 0.460. The first-order valence-corrected chi connectivity index (χ1v) is 9.91. The van der Waals surface area contributed by atoms with Crippen molar-refractivity contribution >= 4 is 20.7 Å². The minimum atomic E-state index is -1.17. The monoisotopic (exact) mass is 330 g/mol. The molecule has 0 heterocycles. The highest BCUT2D eigenvalue weighted by Gasteiger charge is 2.22. The first-order valence-electron chi connectivity index (χ1n) is 7.91. The minimum Gasteiger partial charge on any atom is -0.478 e. The van der Waals surface area contributed by atoms with Crippen molar-refractivity contribution in [2.24, 2.45) is 0 Å². The molecule has 0 spiro atoms. The molecule has 0 aliphatic heterocycles. The van der Waals surface area contributed by atoms with Gasteiger partial charge in [-0.25, -0.2) is 9.59 Å². The zero-order chi connectivity index (χ0) is 18.1. The van der Waals surface area contributed by atoms with Crippen LogP contribution >= 0.6 is 0 Å². The van der Waals surface area contributed by atoms with Crippen molar-refractivity contribution in [3.8, 4) is 0 Å². The number of carboxylic acids is 1. The molecule has 1 N–H and O–H groups in total. The fraction of sp³-hybridized carbons (Fsp3) is 0.765. The van der Waals surface area contributed by atoms with Gasteiger partial charge in [-0.2, -0.15) is 0 Å². The van der Waals surface area contributed by atoms with Gasteiger partial charge in [0.05, 0.1) is 0 Å². The van der Waals surface area contributed by atoms with Gasteiger partial charge in [0.1, 0.15) is 5.60 Å². The van der Waals surface area contributed by atoms with Gasteiger partial charge >= 0.3 is 11.9 Å². The van der Waals surface area contributed by atoms with Gasteiger partial charge in [0, 0.05) is 20.9 Å². The van der Waals surface area contributed by atoms with Crippen molar-refractivity contribution in [1.29, 1.82) is 0 Å². The minimum absolute atomic E-state index is 0.454. The second-order valence-corrected chi connectivity index (χ2v) is 12.7. The summed E-state index contributed by atoms with van der Waals surface area (Å²) in [6, 6.07) is 0. The van der Waals surface area contributed by atoms with Crippen molar-refractivity contribution in [1.82, 2.24) is 0 Å². The zero-order valence-electron chi connectivity index (χ0n) is 15.6. The molecule has 5 heteroatoms. The van der Waals surface area contributed by atoms with Gasteiger partial charge in [0.25, 0.3) is 0 Å². The van der Waals surface area contributed by atoms with Gasteiger partial charge in [-0.15, -0.1) is 0 Å². The fourth-order valence-electron chi connectivity index (χ4n) is 2.78. The molecular weight excluding hydrogens is 296 g/mol. The highest BCUT2D eigenvalue weighted by molar-refractivity contribution is 6.63. The number of aliphatic carboxylic acids is 1. The predicted octanol–water partition coefficient (Wildman–Crippen LogP) is 4.41. The summed E-state index contributed by atoms with van der Waals surface area (Å²) in [5.41, 5.74) is 2.33. The second kappa shape index (κ2) is 10.6. The molecule has 0 rings (SSSR count). The van der Waals surface area contributed by atoms with Crippen LogP contribution in [0.25, 0.3) is 0 Å². The van der Waals surface area contributed by atoms with Gasteiger partial charge in [-0.05, 0) is 20.8 Å². The Morgan fingerprint density at radius 1 is 0.909 bits per heavy atom. The molecule has 0 aliphatic rings. The summed E-state index contributed by atoms with van der Waals surface area (Å²) < 4.78 is 4.80. The largest absolute Gasteiger partial charge is 0.478 e. The summed E-state index contributed by atoms with van der Waals surface area (Å²) in [5, 5.41) is 8.17. The average Bonchev–Trinajstić information content (AvgIpc) is 2.22. The van der Waals surface area contributed by atoms with Gasteiger partial charge < -0.3 is 9.84 Å². The lowest BCUT2D eigenvalue weighted by Crippen LogP contribution is -2.24. The van der Waals surface area contributed by atoms with Crippen molar-refractivity contribution in [2.45, 2.75) is 84.5 Å². The molecule has 0 unspecified atom stereocenters. The first kappa shape index (κ1) is 23.2. The van der Waals surface area contributed by atoms with E-state index in [1.54, 1.807) is 20.8 Å². The average molecular weight is 331 g/mol. The SMILES string of the molecule is CC(C)(C)OC(=O)/C=C\C(=O)O.CC(C)[SiH](C(C)C)C(C)C. The third kappa shape index (κ3) is 13.9. The van der Waals surface area contributed by atoms with Crippen molar-refractivity contribution in [2.75, 3.05) is 0 Å². The number of carbonyl (C=O) groups excluding carboxylic acids is 1. The first-order chi connectivity index (χ1) is 9.77. The molecule has 0 amide bonds. The molecule has 130 valence electrons. The molecule has 0 radical (unpaired) electrons. The molecule has 0 saturated carbocycles. The van der Waals surface area contributed by atoms with Gasteiger partial charge in [0.2, 0.25) is 0 Å². The Labute approximate surface area is 137 Å². The normalized spacial score (nSPS) is 12.0. The van der Waals surface area contributed by atoms with Crippen molar-refractivity contribution in [3.05, 3.63) is 12.2 Å². The maximum Gasteiger partial charge on any atom is 0.331 e. The summed E-state index contributed by atoms with van der Waals surface area (Å²) in [4.78, 5) is 20.8. The Balaban J connectivity index is 0. The molecule has 0 atom stereocenters. The Hall–Kier alpha value is -1.10. The van der Waals surface area contributed by atoms with E-state index < -0.39 is 26.3 Å². The number of rotatable bonds is 5. The van der Waals surface area contributed by atoms with Crippen molar-refractivity contribution < 1.29 is 19.4 Å². The van der Waals surface area contributed by atoms with Crippen molar-refractivity contribution in [3.63, 3.8) is 0 Å². The molecule has 0 aromatic heterocycles. The number of esters is 1. The molecule has 0 fully saturated rings. The summed E-state index contributed by atoms with van der Waals surface area (Å²) in [5.74, 6) is -1.81. The van der Waals surface area contributed by atoms with Crippen LogP contribution in [0.15, 0.2) is 12.2 Å². The van der Waals surface area contributed by atoms with E-state index in [2.05, 4.69) is 41.5 Å². The molecule has 0 bridgehead atoms. The van der Waals surface area contributed by atoms with Crippen LogP contribution in [0.3, 0.4) is 0 Å². The Morgan fingerprint density at radius 2 is 1.27 bits per heavy atom. The van der Waals surface area contributed by atoms with Crippen LogP contribution in [0.4, 0.5) is 0 Å². The van der Waals surface area contributed by atoms with Gasteiger partial charge in [-0.3, -0.25) is 0 Å². The van der Waals surface area contributed by atoms with Crippen LogP contribution in [0.1, 0.15) is 62.3 Å². The van der Waals surface area contributed by atoms with E-state index in [0.717, 1.165) is 28.8 Å². The number of carbonyl (C=O) groups is 2. The van der Waals surface area contributed by atoms with E-state index in [9.17, 15) is 9.59 Å². The van der Waals surface area contributed by atoms with E-state index >= 15 is 0 Å². The van der Waals surface area contributed by atoms with Crippen LogP contribution in [-0.4, -0.2) is 31.4 Å². The lowest BCUT2D eigenvalue weighted by molar-refractivity contribution is -0.148. The molecule has 22 heavy (non-hydrogen) atoms. The molecule has 0 aliphatic carbocycles. The lowest BCUT2D eigenvalue weighted by Gasteiger charge is -2.26. The maximum absolute atomic E-state index is 10.8. The Morgan fingerprint density at radius 3 is 1.45 bits per heavy atom. The lowest BCUT2D eigenvalue weighted by atomic mass is 10.2. The topological polar surface area (TPSA) is 63.6 Å². The molecule has 4 nitrogen and oxygen atoms in total. The van der Waals surface area contributed by atoms with E-state index in [-0.39, 0.29) is 0 Å². The smallest absolute Gasteiger partial charge is 0.331 e. The van der Waals surface area contributed by atoms with E-state index in [4.69, 9.17) is 9.84 Å². The standard InChI is InChI=1S/C9H22Si.C8H12O4/c1-7(2)10(8(3)4)9(5)6;1-8(2,3)12-7(11)5-4-6(9)10/h7-10H,1-6H3;4-5H,1-3H3,(H,9,10)/b;5-4-. The van der Waals surface area contributed by atoms with E-state index in [1.807, 2.05) is 0 Å². The third-order valence-corrected chi connectivity index (χ3v) is 7.70. The highest BCUT2D eigenvalue weighted by atomic mass is 28.3. The molecule has 0 aromatic carbocycles. The Bertz CT molecular complexity index is 346. The van der Waals surface area contributed by atoms with Gasteiger partial charge in [0.15, 0.2) is 0 Å². The Kier molecular flexibility index (Phi) is 11.2. The number of carboxylic acid groups (broad SMARTS) is 1. The maximum atomic E-state index is 10.8. The van der Waals surface area contributed by atoms with Crippen LogP contribution in [0, 0.1) is 0 Å². The summed E-state index contributed by atoms with van der Waals surface area (Å²) >= 11 is 0. The third-order valence-electron chi connectivity index (χ3n) is 3.08. The molecule has 0 aromatic rings. The van der Waals surface area contributed by atoms with E-state index in [1.165, 1.54) is 0 Å². The number of ether oxygens (including phenoxy) is 1. The van der Waals surface area contributed by atoms with E-state index in [0.29, 0.717) is 0 Å². The van der Waals surface area contributed by atoms with Crippen LogP contribution in [-0.2, 0) is 14.3 Å². The fourth-order valence-corrected chi connectivity index (χ4v) is 7.40. The number of hydrogen-bond donors (Lipinski definition) is 1. The number of hydrogen-bond acceptors (Lipinski definition) is 3. The predicted molar refractivity (Wildman–Crippen MR) is 95.1 cm³/mol.